The summed E-state index contributed by atoms with van der Waals surface area (Å²) in [5.41, 5.74) is 1.56. The molecule has 48 heavy (non-hydrogen) atoms. The first kappa shape index (κ1) is 35.2. The number of anilines is 2. The quantitative estimate of drug-likeness (QED) is 0.212. The number of carbonyl (C=O) groups excluding carboxylic acids is 3. The molecule has 1 saturated heterocycles. The van der Waals surface area contributed by atoms with Gasteiger partial charge in [-0.25, -0.2) is 0 Å². The minimum absolute atomic E-state index is 0.0627. The van der Waals surface area contributed by atoms with Crippen molar-refractivity contribution in [2.24, 2.45) is 5.92 Å². The third-order valence-electron chi connectivity index (χ3n) is 9.45. The van der Waals surface area contributed by atoms with Crippen molar-refractivity contribution in [3.63, 3.8) is 0 Å². The molecule has 5 atom stereocenters. The molecule has 0 aromatic heterocycles. The van der Waals surface area contributed by atoms with Crippen LogP contribution in [0.4, 0.5) is 11.4 Å². The third kappa shape index (κ3) is 6.89. The molecule has 4 N–H and O–H groups in total. The van der Waals surface area contributed by atoms with E-state index in [0.717, 1.165) is 11.1 Å². The second-order valence-corrected chi connectivity index (χ2v) is 17.2. The summed E-state index contributed by atoms with van der Waals surface area (Å²) in [4.78, 5) is 55.4. The summed E-state index contributed by atoms with van der Waals surface area (Å²) in [5, 5.41) is 22.0. The van der Waals surface area contributed by atoms with Crippen molar-refractivity contribution in [2.75, 3.05) is 30.5 Å². The summed E-state index contributed by atoms with van der Waals surface area (Å²) in [7, 11) is -1.48. The van der Waals surface area contributed by atoms with Crippen molar-refractivity contribution in [3.8, 4) is 5.75 Å². The molecular formula is C36H45N3O8Si. The van der Waals surface area contributed by atoms with Gasteiger partial charge in [0, 0.05) is 35.8 Å². The first-order chi connectivity index (χ1) is 22.8. The third-order valence-corrected chi connectivity index (χ3v) is 12.0. The first-order valence-corrected chi connectivity index (χ1v) is 19.2. The Hall–Kier alpha value is -4.07. The van der Waals surface area contributed by atoms with Gasteiger partial charge in [0.1, 0.15) is 11.9 Å². The summed E-state index contributed by atoms with van der Waals surface area (Å²) in [6, 6.07) is 22.0. The lowest BCUT2D eigenvalue weighted by Crippen LogP contribution is -2.46. The van der Waals surface area contributed by atoms with E-state index in [-0.39, 0.29) is 37.9 Å². The van der Waals surface area contributed by atoms with Crippen molar-refractivity contribution in [1.29, 1.82) is 0 Å². The van der Waals surface area contributed by atoms with E-state index < -0.39 is 43.5 Å². The molecule has 5 rings (SSSR count). The highest BCUT2D eigenvalue weighted by Gasteiger charge is 2.66. The number of benzene rings is 3. The van der Waals surface area contributed by atoms with E-state index in [2.05, 4.69) is 5.32 Å². The number of hydrogen-bond donors (Lipinski definition) is 4. The number of aliphatic hydroxyl groups is 2. The molecule has 0 unspecified atom stereocenters. The van der Waals surface area contributed by atoms with Gasteiger partial charge in [0.2, 0.25) is 5.91 Å². The number of rotatable bonds is 12. The number of amides is 3. The van der Waals surface area contributed by atoms with Crippen LogP contribution >= 0.6 is 0 Å². The number of fused-ring (bicyclic) bond motifs is 2. The predicted molar refractivity (Wildman–Crippen MR) is 184 cm³/mol. The second kappa shape index (κ2) is 14.2. The molecule has 1 fully saturated rings. The number of ether oxygens (including phenoxy) is 2. The number of carbonyl (C=O) groups is 3. The molecule has 2 heterocycles. The fourth-order valence-electron chi connectivity index (χ4n) is 7.18. The highest BCUT2D eigenvalue weighted by atomic mass is 28.4. The molecule has 3 amide bonds. The summed E-state index contributed by atoms with van der Waals surface area (Å²) in [6.45, 7) is 7.37. The zero-order valence-corrected chi connectivity index (χ0v) is 29.1. The van der Waals surface area contributed by atoms with Crippen LogP contribution in [0.3, 0.4) is 0 Å². The Morgan fingerprint density at radius 2 is 1.77 bits per heavy atom. The maximum absolute atomic E-state index is 14.8. The molecule has 256 valence electrons. The molecular weight excluding hydrogens is 630 g/mol. The van der Waals surface area contributed by atoms with Gasteiger partial charge in [0.25, 0.3) is 11.8 Å². The first-order valence-electron chi connectivity index (χ1n) is 16.2. The smallest absolute Gasteiger partial charge is 0.264 e. The number of nitrogens with one attached hydrogen (secondary N) is 1. The Labute approximate surface area is 282 Å². The highest BCUT2D eigenvalue weighted by molar-refractivity contribution is 6.71. The van der Waals surface area contributed by atoms with Crippen LogP contribution in [-0.2, 0) is 37.8 Å². The Morgan fingerprint density at radius 3 is 2.38 bits per heavy atom. The lowest BCUT2D eigenvalue weighted by atomic mass is 9.82. The zero-order chi connectivity index (χ0) is 34.8. The summed E-state index contributed by atoms with van der Waals surface area (Å²) >= 11 is 0. The fourth-order valence-corrected chi connectivity index (χ4v) is 9.74. The van der Waals surface area contributed by atoms with Crippen molar-refractivity contribution < 1.29 is 38.9 Å². The van der Waals surface area contributed by atoms with Crippen LogP contribution in [0.25, 0.3) is 0 Å². The molecule has 3 aromatic rings. The van der Waals surface area contributed by atoms with Crippen molar-refractivity contribution in [1.82, 2.24) is 4.90 Å². The summed E-state index contributed by atoms with van der Waals surface area (Å²) < 4.78 is 12.4. The van der Waals surface area contributed by atoms with Gasteiger partial charge >= 0.3 is 0 Å². The Bertz CT molecular complexity index is 1630. The minimum Gasteiger partial charge on any atom is -0.497 e. The van der Waals surface area contributed by atoms with Crippen LogP contribution in [0.5, 0.6) is 5.75 Å². The Morgan fingerprint density at radius 1 is 1.08 bits per heavy atom. The monoisotopic (exact) mass is 675 g/mol. The topological polar surface area (TPSA) is 149 Å². The SMILES string of the molecule is COc1ccc2c(c1)[C@]1(O[C@@H](CC(=O)N(CCO)Cc3ccccc3)[C@H]([Si](C)(C)O)[C@H]1C)C(=O)N2Cc1ccc(NC(=O)[C@H](C)O)cc1. The van der Waals surface area contributed by atoms with Crippen LogP contribution in [-0.4, -0.2) is 78.4 Å². The van der Waals surface area contributed by atoms with Crippen LogP contribution < -0.4 is 15.0 Å². The van der Waals surface area contributed by atoms with Gasteiger partial charge in [-0.1, -0.05) is 49.4 Å². The van der Waals surface area contributed by atoms with Crippen LogP contribution in [0.2, 0.25) is 18.6 Å². The van der Waals surface area contributed by atoms with E-state index in [1.165, 1.54) is 6.92 Å². The largest absolute Gasteiger partial charge is 0.497 e. The number of nitrogens with zero attached hydrogens (tertiary/aromatic N) is 2. The molecule has 1 spiro atoms. The van der Waals surface area contributed by atoms with Gasteiger partial charge in [0.15, 0.2) is 13.9 Å². The average Bonchev–Trinajstić information content (AvgIpc) is 3.47. The van der Waals surface area contributed by atoms with E-state index in [9.17, 15) is 29.4 Å². The lowest BCUT2D eigenvalue weighted by Gasteiger charge is -2.32. The summed E-state index contributed by atoms with van der Waals surface area (Å²) in [5.74, 6) is -0.984. The maximum Gasteiger partial charge on any atom is 0.264 e. The number of hydrogen-bond acceptors (Lipinski definition) is 8. The molecule has 0 radical (unpaired) electrons. The van der Waals surface area contributed by atoms with Crippen molar-refractivity contribution in [3.05, 3.63) is 89.5 Å². The van der Waals surface area contributed by atoms with E-state index in [0.29, 0.717) is 29.2 Å². The van der Waals surface area contributed by atoms with Crippen LogP contribution in [0.1, 0.15) is 37.0 Å². The van der Waals surface area contributed by atoms with Crippen molar-refractivity contribution >= 4 is 37.4 Å². The Balaban J connectivity index is 1.48. The molecule has 0 bridgehead atoms. The molecule has 12 heteroatoms. The van der Waals surface area contributed by atoms with Gasteiger partial charge in [-0.15, -0.1) is 0 Å². The van der Waals surface area contributed by atoms with E-state index in [1.54, 1.807) is 53.3 Å². The molecule has 0 aliphatic carbocycles. The fraction of sp³-hybridized carbons (Fsp3) is 0.417. The normalized spacial score (nSPS) is 22.5. The van der Waals surface area contributed by atoms with E-state index in [1.807, 2.05) is 56.4 Å². The van der Waals surface area contributed by atoms with Crippen LogP contribution in [0, 0.1) is 5.92 Å². The average molecular weight is 676 g/mol. The van der Waals surface area contributed by atoms with E-state index >= 15 is 0 Å². The minimum atomic E-state index is -3.03. The van der Waals surface area contributed by atoms with Gasteiger partial charge in [-0.05, 0) is 61.5 Å². The Kier molecular flexibility index (Phi) is 10.4. The van der Waals surface area contributed by atoms with Crippen LogP contribution in [0.15, 0.2) is 72.8 Å². The maximum atomic E-state index is 14.8. The molecule has 2 aliphatic heterocycles. The van der Waals surface area contributed by atoms with Crippen molar-refractivity contribution in [2.45, 2.75) is 69.8 Å². The standard InChI is InChI=1S/C36H45N3O8Si/c1-23-33(48(4,5)45)31(20-32(42)38(17-18-40)21-25-9-7-6-8-10-25)47-36(23)29-19-28(46-3)15-16-30(29)39(35(36)44)22-26-11-13-27(14-12-26)37-34(43)24(2)41/h6-16,19,23-24,31,33,40-41,45H,17-18,20-22H2,1-5H3,(H,37,43)/t23-,24+,31+,33-,36+/m1/s1. The number of aliphatic hydroxyl groups excluding tert-OH is 2. The molecule has 2 aliphatic rings. The molecule has 0 saturated carbocycles. The van der Waals surface area contributed by atoms with Gasteiger partial charge in [-0.2, -0.15) is 0 Å². The molecule has 3 aromatic carbocycles. The van der Waals surface area contributed by atoms with Gasteiger partial charge in [-0.3, -0.25) is 14.4 Å². The summed E-state index contributed by atoms with van der Waals surface area (Å²) in [6.07, 6.45) is -1.97. The second-order valence-electron chi connectivity index (χ2n) is 13.2. The van der Waals surface area contributed by atoms with E-state index in [4.69, 9.17) is 9.47 Å². The lowest BCUT2D eigenvalue weighted by molar-refractivity contribution is -0.150. The molecule has 11 nitrogen and oxygen atoms in total. The van der Waals surface area contributed by atoms with Gasteiger partial charge < -0.3 is 39.6 Å². The highest BCUT2D eigenvalue weighted by Crippen LogP contribution is 2.60. The van der Waals surface area contributed by atoms with Gasteiger partial charge in [0.05, 0.1) is 38.5 Å². The number of methoxy groups -OCH3 is 1. The zero-order valence-electron chi connectivity index (χ0n) is 28.1. The predicted octanol–water partition coefficient (Wildman–Crippen LogP) is 3.77.